The Morgan fingerprint density at radius 3 is 2.80 bits per heavy atom. The second-order valence-electron chi connectivity index (χ2n) is 6.70. The molecule has 0 spiro atoms. The molecule has 11 heteroatoms. The molecule has 0 saturated carbocycles. The summed E-state index contributed by atoms with van der Waals surface area (Å²) >= 11 is 0. The van der Waals surface area contributed by atoms with Crippen LogP contribution in [0.2, 0.25) is 0 Å². The summed E-state index contributed by atoms with van der Waals surface area (Å²) in [5.74, 6) is 1.38. The number of hydrogen-bond acceptors (Lipinski definition) is 8. The molecule has 30 heavy (non-hydrogen) atoms. The second kappa shape index (κ2) is 7.92. The van der Waals surface area contributed by atoms with Gasteiger partial charge >= 0.3 is 0 Å². The number of carbonyl (C=O) groups excluding carboxylic acids is 1. The van der Waals surface area contributed by atoms with E-state index in [2.05, 4.69) is 10.1 Å². The van der Waals surface area contributed by atoms with E-state index in [9.17, 15) is 13.2 Å². The van der Waals surface area contributed by atoms with Gasteiger partial charge in [-0.05, 0) is 30.3 Å². The van der Waals surface area contributed by atoms with Crippen LogP contribution < -0.4 is 9.64 Å². The van der Waals surface area contributed by atoms with Crippen LogP contribution in [-0.2, 0) is 34.3 Å². The molecule has 1 aliphatic rings. The summed E-state index contributed by atoms with van der Waals surface area (Å²) in [5.41, 5.74) is 0.335. The van der Waals surface area contributed by atoms with E-state index in [1.165, 1.54) is 40.7 Å². The second-order valence-corrected chi connectivity index (χ2v) is 8.74. The Balaban J connectivity index is 1.64. The Bertz CT molecular complexity index is 1160. The SMILES string of the molecule is CCc1nc(CN2C(=O)COc3ccc(S(=O)(=O)N(C)Cc4ccco4)cc32)no1. The van der Waals surface area contributed by atoms with Crippen molar-refractivity contribution >= 4 is 21.6 Å². The predicted octanol–water partition coefficient (Wildman–Crippen LogP) is 1.97. The first-order valence-electron chi connectivity index (χ1n) is 9.26. The van der Waals surface area contributed by atoms with E-state index in [1.54, 1.807) is 12.1 Å². The van der Waals surface area contributed by atoms with Crippen LogP contribution in [0.1, 0.15) is 24.4 Å². The van der Waals surface area contributed by atoms with Crippen molar-refractivity contribution in [2.45, 2.75) is 31.3 Å². The fourth-order valence-electron chi connectivity index (χ4n) is 3.04. The monoisotopic (exact) mass is 432 g/mol. The Morgan fingerprint density at radius 2 is 2.10 bits per heavy atom. The van der Waals surface area contributed by atoms with Gasteiger partial charge in [0.25, 0.3) is 5.91 Å². The van der Waals surface area contributed by atoms with Gasteiger partial charge in [0.05, 0.1) is 29.9 Å². The number of ether oxygens (including phenoxy) is 1. The molecule has 1 aromatic carbocycles. The number of aromatic nitrogens is 2. The van der Waals surface area contributed by atoms with E-state index >= 15 is 0 Å². The topological polar surface area (TPSA) is 119 Å². The van der Waals surface area contributed by atoms with Crippen LogP contribution in [0.5, 0.6) is 5.75 Å². The molecule has 3 heterocycles. The molecule has 1 amide bonds. The fourth-order valence-corrected chi connectivity index (χ4v) is 4.20. The molecule has 158 valence electrons. The summed E-state index contributed by atoms with van der Waals surface area (Å²) in [6, 6.07) is 7.79. The first-order valence-corrected chi connectivity index (χ1v) is 10.7. The summed E-state index contributed by atoms with van der Waals surface area (Å²) < 4.78 is 43.0. The number of nitrogens with zero attached hydrogens (tertiary/aromatic N) is 4. The summed E-state index contributed by atoms with van der Waals surface area (Å²) in [7, 11) is -2.37. The molecule has 3 aromatic rings. The molecule has 0 aliphatic carbocycles. The summed E-state index contributed by atoms with van der Waals surface area (Å²) in [6.45, 7) is 1.84. The largest absolute Gasteiger partial charge is 0.482 e. The predicted molar refractivity (Wildman–Crippen MR) is 104 cm³/mol. The average Bonchev–Trinajstić information content (AvgIpc) is 3.41. The Labute approximate surface area is 173 Å². The van der Waals surface area contributed by atoms with E-state index in [-0.39, 0.29) is 30.5 Å². The molecule has 0 radical (unpaired) electrons. The Kier molecular flexibility index (Phi) is 5.31. The number of benzene rings is 1. The van der Waals surface area contributed by atoms with Crippen LogP contribution in [0.3, 0.4) is 0 Å². The summed E-state index contributed by atoms with van der Waals surface area (Å²) in [6.07, 6.45) is 2.06. The van der Waals surface area contributed by atoms with Crippen LogP contribution in [-0.4, -0.2) is 42.4 Å². The standard InChI is InChI=1S/C19H20N4O6S/c1-3-18-20-17(21-29-18)11-23-15-9-14(6-7-16(15)28-12-19(23)24)30(25,26)22(2)10-13-5-4-8-27-13/h4-9H,3,10-12H2,1-2H3. The molecule has 1 aliphatic heterocycles. The number of rotatable bonds is 7. The van der Waals surface area contributed by atoms with Gasteiger partial charge in [-0.2, -0.15) is 9.29 Å². The van der Waals surface area contributed by atoms with Gasteiger partial charge in [-0.25, -0.2) is 8.42 Å². The number of fused-ring (bicyclic) bond motifs is 1. The minimum absolute atomic E-state index is 0.0287. The molecule has 0 unspecified atom stereocenters. The first-order chi connectivity index (χ1) is 14.4. The van der Waals surface area contributed by atoms with Crippen molar-refractivity contribution in [2.24, 2.45) is 0 Å². The highest BCUT2D eigenvalue weighted by Gasteiger charge is 2.30. The van der Waals surface area contributed by atoms with Crippen molar-refractivity contribution in [3.63, 3.8) is 0 Å². The number of furan rings is 1. The molecule has 0 saturated heterocycles. The van der Waals surface area contributed by atoms with E-state index < -0.39 is 10.0 Å². The van der Waals surface area contributed by atoms with Gasteiger partial charge in [-0.15, -0.1) is 0 Å². The Morgan fingerprint density at radius 1 is 1.27 bits per heavy atom. The number of hydrogen-bond donors (Lipinski definition) is 0. The van der Waals surface area contributed by atoms with Gasteiger partial charge < -0.3 is 13.7 Å². The lowest BCUT2D eigenvalue weighted by atomic mass is 10.2. The maximum absolute atomic E-state index is 13.0. The van der Waals surface area contributed by atoms with Gasteiger partial charge in [0.2, 0.25) is 15.9 Å². The minimum atomic E-state index is -3.83. The third kappa shape index (κ3) is 3.81. The third-order valence-electron chi connectivity index (χ3n) is 4.65. The van der Waals surface area contributed by atoms with Crippen molar-refractivity contribution in [3.05, 3.63) is 54.1 Å². The molecule has 4 rings (SSSR count). The molecule has 0 fully saturated rings. The van der Waals surface area contributed by atoms with Crippen LogP contribution in [0, 0.1) is 0 Å². The zero-order valence-electron chi connectivity index (χ0n) is 16.4. The number of anilines is 1. The van der Waals surface area contributed by atoms with Crippen LogP contribution >= 0.6 is 0 Å². The van der Waals surface area contributed by atoms with E-state index in [4.69, 9.17) is 13.7 Å². The van der Waals surface area contributed by atoms with Gasteiger partial charge in [-0.1, -0.05) is 12.1 Å². The zero-order chi connectivity index (χ0) is 21.3. The molecular weight excluding hydrogens is 412 g/mol. The van der Waals surface area contributed by atoms with Crippen molar-refractivity contribution in [1.29, 1.82) is 0 Å². The van der Waals surface area contributed by atoms with Crippen LogP contribution in [0.25, 0.3) is 0 Å². The molecule has 0 N–H and O–H groups in total. The number of aryl methyl sites for hydroxylation is 1. The lowest BCUT2D eigenvalue weighted by Crippen LogP contribution is -2.38. The first kappa shape index (κ1) is 20.1. The van der Waals surface area contributed by atoms with Crippen LogP contribution in [0.4, 0.5) is 5.69 Å². The lowest BCUT2D eigenvalue weighted by molar-refractivity contribution is -0.121. The van der Waals surface area contributed by atoms with Gasteiger partial charge in [0.1, 0.15) is 11.5 Å². The number of carbonyl (C=O) groups is 1. The quantitative estimate of drug-likeness (QED) is 0.556. The maximum atomic E-state index is 13.0. The molecule has 10 nitrogen and oxygen atoms in total. The molecule has 2 aromatic heterocycles. The maximum Gasteiger partial charge on any atom is 0.265 e. The molecular formula is C19H20N4O6S. The van der Waals surface area contributed by atoms with Crippen molar-refractivity contribution in [1.82, 2.24) is 14.4 Å². The van der Waals surface area contributed by atoms with Gasteiger partial charge in [0, 0.05) is 13.5 Å². The highest BCUT2D eigenvalue weighted by atomic mass is 32.2. The summed E-state index contributed by atoms with van der Waals surface area (Å²) in [4.78, 5) is 18.1. The minimum Gasteiger partial charge on any atom is -0.482 e. The van der Waals surface area contributed by atoms with E-state index in [1.807, 2.05) is 6.92 Å². The fraction of sp³-hybridized carbons (Fsp3) is 0.316. The Hall–Kier alpha value is -3.18. The number of amides is 1. The third-order valence-corrected chi connectivity index (χ3v) is 6.45. The van der Waals surface area contributed by atoms with Crippen molar-refractivity contribution in [2.75, 3.05) is 18.6 Å². The number of sulfonamides is 1. The summed E-state index contributed by atoms with van der Waals surface area (Å²) in [5, 5.41) is 3.87. The van der Waals surface area contributed by atoms with Crippen molar-refractivity contribution < 1.29 is 26.9 Å². The normalized spacial score (nSPS) is 14.1. The van der Waals surface area contributed by atoms with Crippen LogP contribution in [0.15, 0.2) is 50.4 Å². The molecule has 0 atom stereocenters. The zero-order valence-corrected chi connectivity index (χ0v) is 17.3. The smallest absolute Gasteiger partial charge is 0.265 e. The van der Waals surface area contributed by atoms with Crippen molar-refractivity contribution in [3.8, 4) is 5.75 Å². The highest BCUT2D eigenvalue weighted by Crippen LogP contribution is 2.35. The molecule has 0 bridgehead atoms. The van der Waals surface area contributed by atoms with E-state index in [0.717, 1.165) is 0 Å². The van der Waals surface area contributed by atoms with E-state index in [0.29, 0.717) is 35.3 Å². The lowest BCUT2D eigenvalue weighted by Gasteiger charge is -2.29. The highest BCUT2D eigenvalue weighted by molar-refractivity contribution is 7.89. The van der Waals surface area contributed by atoms with Gasteiger partial charge in [-0.3, -0.25) is 9.69 Å². The van der Waals surface area contributed by atoms with Gasteiger partial charge in [0.15, 0.2) is 12.4 Å². The average molecular weight is 432 g/mol.